The molecule has 0 rings (SSSR count). The molecule has 0 aliphatic heterocycles. The van der Waals surface area contributed by atoms with E-state index < -0.39 is 0 Å². The average molecular weight is 176 g/mol. The first-order chi connectivity index (χ1) is 5.22. The Hall–Kier alpha value is -0.0600. The van der Waals surface area contributed by atoms with Crippen molar-refractivity contribution < 1.29 is 4.79 Å². The summed E-state index contributed by atoms with van der Waals surface area (Å²) < 4.78 is 0. The lowest BCUT2D eigenvalue weighted by Gasteiger charge is -2.10. The van der Waals surface area contributed by atoms with Gasteiger partial charge in [0, 0.05) is 18.1 Å². The third-order valence-electron chi connectivity index (χ3n) is 1.39. The Kier molecular flexibility index (Phi) is 6.60. The Morgan fingerprint density at radius 1 is 1.73 bits per heavy atom. The number of nitrogens with two attached hydrogens (primary N) is 1. The molecule has 3 nitrogen and oxygen atoms in total. The molecule has 0 aliphatic carbocycles. The Morgan fingerprint density at radius 2 is 2.36 bits per heavy atom. The minimum atomic E-state index is -0.00782. The van der Waals surface area contributed by atoms with Crippen molar-refractivity contribution in [3.8, 4) is 0 Å². The van der Waals surface area contributed by atoms with Gasteiger partial charge in [-0.2, -0.15) is 11.8 Å². The van der Waals surface area contributed by atoms with Gasteiger partial charge in [0.25, 0.3) is 0 Å². The number of likely N-dealkylation sites (N-methyl/N-ethyl adjacent to an activating group) is 1. The van der Waals surface area contributed by atoms with Crippen LogP contribution in [-0.4, -0.2) is 36.9 Å². The molecule has 0 fully saturated rings. The molecule has 0 aliphatic rings. The normalized spacial score (nSPS) is 13.0. The van der Waals surface area contributed by atoms with Crippen LogP contribution >= 0.6 is 11.8 Å². The monoisotopic (exact) mass is 176 g/mol. The summed E-state index contributed by atoms with van der Waals surface area (Å²) in [5, 5.41) is 2.95. The maximum Gasteiger partial charge on any atom is 0.147 e. The summed E-state index contributed by atoms with van der Waals surface area (Å²) >= 11 is 1.71. The summed E-state index contributed by atoms with van der Waals surface area (Å²) in [6, 6.07) is -0.00782. The fourth-order valence-corrected chi connectivity index (χ4v) is 1.66. The van der Waals surface area contributed by atoms with Gasteiger partial charge in [-0.15, -0.1) is 0 Å². The predicted octanol–water partition coefficient (Wildman–Crippen LogP) is -0.145. The first-order valence-corrected chi connectivity index (χ1v) is 4.83. The van der Waals surface area contributed by atoms with Crippen molar-refractivity contribution in [1.29, 1.82) is 0 Å². The second-order valence-corrected chi connectivity index (χ2v) is 3.47. The van der Waals surface area contributed by atoms with E-state index in [0.717, 1.165) is 11.5 Å². The molecule has 11 heavy (non-hydrogen) atoms. The number of carbonyl (C=O) groups excluding carboxylic acids is 1. The van der Waals surface area contributed by atoms with E-state index in [-0.39, 0.29) is 11.8 Å². The molecule has 0 amide bonds. The zero-order valence-corrected chi connectivity index (χ0v) is 7.91. The fourth-order valence-electron chi connectivity index (χ4n) is 0.688. The molecule has 0 unspecified atom stereocenters. The first-order valence-electron chi connectivity index (χ1n) is 3.68. The SMILES string of the molecule is CN[C@H](CSCCN)C(C)=O. The van der Waals surface area contributed by atoms with Gasteiger partial charge in [-0.1, -0.05) is 0 Å². The van der Waals surface area contributed by atoms with Crippen LogP contribution in [0, 0.1) is 0 Å². The highest BCUT2D eigenvalue weighted by Gasteiger charge is 2.09. The zero-order chi connectivity index (χ0) is 8.69. The maximum atomic E-state index is 10.9. The molecule has 0 aromatic heterocycles. The van der Waals surface area contributed by atoms with Crippen molar-refractivity contribution >= 4 is 17.5 Å². The van der Waals surface area contributed by atoms with Crippen LogP contribution < -0.4 is 11.1 Å². The van der Waals surface area contributed by atoms with E-state index in [1.807, 2.05) is 0 Å². The summed E-state index contributed by atoms with van der Waals surface area (Å²) in [5.74, 6) is 1.94. The van der Waals surface area contributed by atoms with Crippen LogP contribution in [0.4, 0.5) is 0 Å². The third-order valence-corrected chi connectivity index (χ3v) is 2.48. The Bertz CT molecular complexity index is 119. The van der Waals surface area contributed by atoms with Crippen LogP contribution in [0.2, 0.25) is 0 Å². The summed E-state index contributed by atoms with van der Waals surface area (Å²) in [4.78, 5) is 10.9. The van der Waals surface area contributed by atoms with Gasteiger partial charge >= 0.3 is 0 Å². The van der Waals surface area contributed by atoms with Gasteiger partial charge in [0.15, 0.2) is 0 Å². The van der Waals surface area contributed by atoms with Crippen LogP contribution in [-0.2, 0) is 4.79 Å². The highest BCUT2D eigenvalue weighted by Crippen LogP contribution is 2.01. The lowest BCUT2D eigenvalue weighted by Crippen LogP contribution is -2.34. The molecule has 0 aromatic carbocycles. The highest BCUT2D eigenvalue weighted by atomic mass is 32.2. The topological polar surface area (TPSA) is 55.1 Å². The summed E-state index contributed by atoms with van der Waals surface area (Å²) in [6.45, 7) is 2.28. The average Bonchev–Trinajstić information content (AvgIpc) is 1.97. The second kappa shape index (κ2) is 6.64. The largest absolute Gasteiger partial charge is 0.330 e. The van der Waals surface area contributed by atoms with Gasteiger partial charge < -0.3 is 11.1 Å². The predicted molar refractivity (Wildman–Crippen MR) is 49.9 cm³/mol. The van der Waals surface area contributed by atoms with Crippen molar-refractivity contribution in [2.24, 2.45) is 5.73 Å². The zero-order valence-electron chi connectivity index (χ0n) is 7.09. The number of hydrogen-bond acceptors (Lipinski definition) is 4. The molecule has 3 N–H and O–H groups in total. The van der Waals surface area contributed by atoms with Crippen LogP contribution in [0.15, 0.2) is 0 Å². The van der Waals surface area contributed by atoms with Gasteiger partial charge in [0.05, 0.1) is 6.04 Å². The molecule has 0 saturated heterocycles. The first kappa shape index (κ1) is 10.9. The van der Waals surface area contributed by atoms with Gasteiger partial charge in [0.1, 0.15) is 5.78 Å². The summed E-state index contributed by atoms with van der Waals surface area (Å²) in [5.41, 5.74) is 5.31. The lowest BCUT2D eigenvalue weighted by molar-refractivity contribution is -0.118. The minimum absolute atomic E-state index is 0.00782. The van der Waals surface area contributed by atoms with E-state index >= 15 is 0 Å². The maximum absolute atomic E-state index is 10.9. The third kappa shape index (κ3) is 5.24. The van der Waals surface area contributed by atoms with Gasteiger partial charge in [-0.25, -0.2) is 0 Å². The van der Waals surface area contributed by atoms with E-state index in [0.29, 0.717) is 6.54 Å². The molecule has 0 radical (unpaired) electrons. The summed E-state index contributed by atoms with van der Waals surface area (Å²) in [7, 11) is 1.80. The van der Waals surface area contributed by atoms with Crippen LogP contribution in [0.25, 0.3) is 0 Å². The number of ketones is 1. The standard InChI is InChI=1S/C7H16N2OS/c1-6(10)7(9-2)5-11-4-3-8/h7,9H,3-5,8H2,1-2H3/t7-/m1/s1. The van der Waals surface area contributed by atoms with Crippen molar-refractivity contribution in [2.75, 3.05) is 25.1 Å². The van der Waals surface area contributed by atoms with E-state index in [1.54, 1.807) is 25.7 Å². The van der Waals surface area contributed by atoms with E-state index in [9.17, 15) is 4.79 Å². The number of carbonyl (C=O) groups is 1. The number of thioether (sulfide) groups is 1. The highest BCUT2D eigenvalue weighted by molar-refractivity contribution is 7.99. The van der Waals surface area contributed by atoms with Crippen LogP contribution in [0.5, 0.6) is 0 Å². The molecular weight excluding hydrogens is 160 g/mol. The Morgan fingerprint density at radius 3 is 2.73 bits per heavy atom. The van der Waals surface area contributed by atoms with E-state index in [4.69, 9.17) is 5.73 Å². The van der Waals surface area contributed by atoms with E-state index in [1.165, 1.54) is 0 Å². The molecule has 66 valence electrons. The molecular formula is C7H16N2OS. The van der Waals surface area contributed by atoms with Crippen molar-refractivity contribution in [2.45, 2.75) is 13.0 Å². The van der Waals surface area contributed by atoms with Gasteiger partial charge in [0.2, 0.25) is 0 Å². The van der Waals surface area contributed by atoms with Crippen molar-refractivity contribution in [3.63, 3.8) is 0 Å². The summed E-state index contributed by atoms with van der Waals surface area (Å²) in [6.07, 6.45) is 0. The lowest BCUT2D eigenvalue weighted by atomic mass is 10.2. The molecule has 0 heterocycles. The molecule has 0 saturated carbocycles. The minimum Gasteiger partial charge on any atom is -0.330 e. The second-order valence-electron chi connectivity index (χ2n) is 2.32. The fraction of sp³-hybridized carbons (Fsp3) is 0.857. The molecule has 0 aromatic rings. The number of rotatable bonds is 6. The number of Topliss-reactive ketones (excluding diaryl/α,β-unsaturated/α-hetero) is 1. The smallest absolute Gasteiger partial charge is 0.147 e. The quantitative estimate of drug-likeness (QED) is 0.553. The van der Waals surface area contributed by atoms with Gasteiger partial charge in [-0.3, -0.25) is 4.79 Å². The molecule has 0 spiro atoms. The van der Waals surface area contributed by atoms with Crippen LogP contribution in [0.3, 0.4) is 0 Å². The van der Waals surface area contributed by atoms with Crippen molar-refractivity contribution in [3.05, 3.63) is 0 Å². The molecule has 1 atom stereocenters. The van der Waals surface area contributed by atoms with Crippen molar-refractivity contribution in [1.82, 2.24) is 5.32 Å². The van der Waals surface area contributed by atoms with E-state index in [2.05, 4.69) is 5.32 Å². The number of hydrogen-bond donors (Lipinski definition) is 2. The van der Waals surface area contributed by atoms with Crippen LogP contribution in [0.1, 0.15) is 6.92 Å². The Labute approximate surface area is 72.1 Å². The molecule has 4 heteroatoms. The Balaban J connectivity index is 3.44. The molecule has 0 bridgehead atoms. The van der Waals surface area contributed by atoms with Gasteiger partial charge in [-0.05, 0) is 14.0 Å². The number of nitrogens with one attached hydrogen (secondary N) is 1.